The topological polar surface area (TPSA) is 78.9 Å². The van der Waals surface area contributed by atoms with Gasteiger partial charge in [0.05, 0.1) is 0 Å². The summed E-state index contributed by atoms with van der Waals surface area (Å²) in [6.07, 6.45) is 91.9. The Balaban J connectivity index is 4.22. The fourth-order valence-corrected chi connectivity index (χ4v) is 8.65. The normalized spacial score (nSPS) is 13.0. The molecule has 0 aromatic carbocycles. The van der Waals surface area contributed by atoms with Crippen LogP contribution in [0.25, 0.3) is 0 Å². The molecule has 6 heteroatoms. The molecule has 442 valence electrons. The van der Waals surface area contributed by atoms with Crippen LogP contribution in [0.3, 0.4) is 0 Å². The molecule has 0 aromatic heterocycles. The van der Waals surface area contributed by atoms with Gasteiger partial charge in [-0.2, -0.15) is 0 Å². The van der Waals surface area contributed by atoms with Crippen LogP contribution in [-0.4, -0.2) is 37.2 Å². The quantitative estimate of drug-likeness (QED) is 0.0261. The predicted molar refractivity (Wildman–Crippen MR) is 339 cm³/mol. The van der Waals surface area contributed by atoms with Gasteiger partial charge in [0, 0.05) is 19.3 Å². The molecule has 78 heavy (non-hydrogen) atoms. The van der Waals surface area contributed by atoms with E-state index in [-0.39, 0.29) is 31.1 Å². The molecule has 0 fully saturated rings. The van der Waals surface area contributed by atoms with Gasteiger partial charge in [-0.15, -0.1) is 0 Å². The van der Waals surface area contributed by atoms with E-state index in [1.54, 1.807) is 0 Å². The number of unbranched alkanes of at least 4 members (excludes halogenated alkanes) is 24. The van der Waals surface area contributed by atoms with Crippen LogP contribution in [0.5, 0.6) is 0 Å². The third-order valence-electron chi connectivity index (χ3n) is 13.4. The van der Waals surface area contributed by atoms with E-state index in [4.69, 9.17) is 14.2 Å². The number of rotatable bonds is 57. The minimum Gasteiger partial charge on any atom is -0.462 e. The first-order chi connectivity index (χ1) is 38.5. The highest BCUT2D eigenvalue weighted by molar-refractivity contribution is 5.71. The van der Waals surface area contributed by atoms with Crippen molar-refractivity contribution in [3.05, 3.63) is 134 Å². The van der Waals surface area contributed by atoms with Crippen molar-refractivity contribution >= 4 is 17.9 Å². The summed E-state index contributed by atoms with van der Waals surface area (Å²) in [5.41, 5.74) is 0. The summed E-state index contributed by atoms with van der Waals surface area (Å²) in [5.74, 6) is -0.919. The van der Waals surface area contributed by atoms with Crippen LogP contribution in [0, 0.1) is 0 Å². The van der Waals surface area contributed by atoms with Crippen molar-refractivity contribution in [2.45, 2.75) is 290 Å². The number of carbonyl (C=O) groups is 3. The van der Waals surface area contributed by atoms with E-state index >= 15 is 0 Å². The summed E-state index contributed by atoms with van der Waals surface area (Å²) in [4.78, 5) is 38.2. The minimum absolute atomic E-state index is 0.0900. The number of hydrogen-bond acceptors (Lipinski definition) is 6. The molecule has 0 amide bonds. The Morgan fingerprint density at radius 3 is 0.782 bits per heavy atom. The largest absolute Gasteiger partial charge is 0.462 e. The van der Waals surface area contributed by atoms with Crippen molar-refractivity contribution in [1.29, 1.82) is 0 Å². The third-order valence-corrected chi connectivity index (χ3v) is 13.4. The molecule has 0 radical (unpaired) electrons. The van der Waals surface area contributed by atoms with Crippen molar-refractivity contribution in [3.8, 4) is 0 Å². The fourth-order valence-electron chi connectivity index (χ4n) is 8.65. The average Bonchev–Trinajstić information content (AvgIpc) is 3.44. The summed E-state index contributed by atoms with van der Waals surface area (Å²) >= 11 is 0. The zero-order chi connectivity index (χ0) is 56.4. The second kappa shape index (κ2) is 65.1. The lowest BCUT2D eigenvalue weighted by atomic mass is 10.0. The molecule has 0 heterocycles. The van der Waals surface area contributed by atoms with Crippen LogP contribution in [-0.2, 0) is 28.6 Å². The van der Waals surface area contributed by atoms with Gasteiger partial charge in [0.1, 0.15) is 13.2 Å². The Kier molecular flexibility index (Phi) is 61.4. The molecule has 1 unspecified atom stereocenters. The van der Waals surface area contributed by atoms with Gasteiger partial charge >= 0.3 is 17.9 Å². The van der Waals surface area contributed by atoms with Crippen LogP contribution < -0.4 is 0 Å². The standard InChI is InChI=1S/C72H118O6/c1-4-7-10-13-16-19-21-23-25-27-29-31-33-34-35-36-37-38-40-41-43-45-47-49-51-53-56-59-62-65-71(74)77-68-69(67-76-70(73)64-61-58-55-18-15-12-9-6-3)78-72(75)66-63-60-57-54-52-50-48-46-44-42-39-32-30-28-26-24-22-20-17-14-11-8-5-2/h7-8,10-11,16-17,19-20,23-26,29-32,34-35,42,44,48,50,69H,4-6,9,12-15,18,21-22,27-28,33,36-41,43,45-47,49,51-68H2,1-3H3/b10-7-,11-8-,19-16-,20-17-,25-23-,26-24-,31-29-,32-30-,35-34-,44-42-,50-48-. The molecular formula is C72H118O6. The molecule has 0 aliphatic carbocycles. The Morgan fingerprint density at radius 2 is 0.500 bits per heavy atom. The number of allylic oxidation sites excluding steroid dienone is 22. The van der Waals surface area contributed by atoms with E-state index < -0.39 is 6.10 Å². The van der Waals surface area contributed by atoms with Crippen molar-refractivity contribution in [1.82, 2.24) is 0 Å². The van der Waals surface area contributed by atoms with Crippen LogP contribution >= 0.6 is 0 Å². The molecule has 0 aliphatic heterocycles. The molecule has 6 nitrogen and oxygen atoms in total. The van der Waals surface area contributed by atoms with Gasteiger partial charge in [0.25, 0.3) is 0 Å². The maximum Gasteiger partial charge on any atom is 0.306 e. The van der Waals surface area contributed by atoms with Crippen LogP contribution in [0.2, 0.25) is 0 Å². The monoisotopic (exact) mass is 1080 g/mol. The maximum absolute atomic E-state index is 12.9. The molecule has 0 aliphatic rings. The summed E-state index contributed by atoms with van der Waals surface area (Å²) in [6, 6.07) is 0. The summed E-state index contributed by atoms with van der Waals surface area (Å²) in [7, 11) is 0. The van der Waals surface area contributed by atoms with E-state index in [2.05, 4.69) is 154 Å². The first-order valence-electron chi connectivity index (χ1n) is 32.2. The smallest absolute Gasteiger partial charge is 0.306 e. The van der Waals surface area contributed by atoms with E-state index in [0.717, 1.165) is 141 Å². The van der Waals surface area contributed by atoms with Gasteiger partial charge < -0.3 is 14.2 Å². The third kappa shape index (κ3) is 62.4. The van der Waals surface area contributed by atoms with Crippen LogP contribution in [0.1, 0.15) is 284 Å². The van der Waals surface area contributed by atoms with E-state index in [1.807, 2.05) is 0 Å². The van der Waals surface area contributed by atoms with E-state index in [1.165, 1.54) is 103 Å². The number of ether oxygens (including phenoxy) is 3. The summed E-state index contributed by atoms with van der Waals surface area (Å²) in [5, 5.41) is 0. The Bertz CT molecular complexity index is 1670. The number of hydrogen-bond donors (Lipinski definition) is 0. The first-order valence-corrected chi connectivity index (χ1v) is 32.2. The van der Waals surface area contributed by atoms with Gasteiger partial charge in [0.15, 0.2) is 6.10 Å². The average molecular weight is 1080 g/mol. The minimum atomic E-state index is -0.794. The molecule has 0 rings (SSSR count). The van der Waals surface area contributed by atoms with Gasteiger partial charge in [-0.05, 0) is 116 Å². The molecule has 0 spiro atoms. The summed E-state index contributed by atoms with van der Waals surface area (Å²) in [6.45, 7) is 6.37. The molecule has 0 bridgehead atoms. The molecule has 0 saturated carbocycles. The predicted octanol–water partition coefficient (Wildman–Crippen LogP) is 22.2. The lowest BCUT2D eigenvalue weighted by Crippen LogP contribution is -2.30. The first kappa shape index (κ1) is 73.5. The Labute approximate surface area is 481 Å². The van der Waals surface area contributed by atoms with E-state index in [9.17, 15) is 14.4 Å². The Hall–Kier alpha value is -4.45. The molecule has 0 aromatic rings. The van der Waals surface area contributed by atoms with Crippen molar-refractivity contribution in [3.63, 3.8) is 0 Å². The molecule has 0 N–H and O–H groups in total. The lowest BCUT2D eigenvalue weighted by molar-refractivity contribution is -0.167. The highest BCUT2D eigenvalue weighted by Crippen LogP contribution is 2.16. The number of esters is 3. The highest BCUT2D eigenvalue weighted by Gasteiger charge is 2.19. The zero-order valence-corrected chi connectivity index (χ0v) is 50.6. The zero-order valence-electron chi connectivity index (χ0n) is 50.6. The van der Waals surface area contributed by atoms with Crippen molar-refractivity contribution in [2.75, 3.05) is 13.2 Å². The second-order valence-corrected chi connectivity index (χ2v) is 20.9. The summed E-state index contributed by atoms with van der Waals surface area (Å²) < 4.78 is 16.8. The van der Waals surface area contributed by atoms with E-state index in [0.29, 0.717) is 19.3 Å². The molecule has 1 atom stereocenters. The molecule has 0 saturated heterocycles. The highest BCUT2D eigenvalue weighted by atomic mass is 16.6. The molecular weight excluding hydrogens is 961 g/mol. The van der Waals surface area contributed by atoms with Crippen molar-refractivity contribution in [2.24, 2.45) is 0 Å². The lowest BCUT2D eigenvalue weighted by Gasteiger charge is -2.18. The van der Waals surface area contributed by atoms with Gasteiger partial charge in [-0.25, -0.2) is 0 Å². The van der Waals surface area contributed by atoms with Crippen molar-refractivity contribution < 1.29 is 28.6 Å². The Morgan fingerprint density at radius 1 is 0.269 bits per heavy atom. The maximum atomic E-state index is 12.9. The second-order valence-electron chi connectivity index (χ2n) is 20.9. The van der Waals surface area contributed by atoms with Crippen LogP contribution in [0.15, 0.2) is 134 Å². The number of carbonyl (C=O) groups excluding carboxylic acids is 3. The van der Waals surface area contributed by atoms with Crippen LogP contribution in [0.4, 0.5) is 0 Å². The SMILES string of the molecule is CC/C=C\C/C=C\C/C=C\C/C=C\C/C=C\C/C=C\CCCCCCC(=O)OC(COC(=O)CCCCCCCCCC)COC(=O)CCCCCCCCCCCCCCC/C=C\C/C=C\C/C=C\C/C=C\C/C=C\CC. The fraction of sp³-hybridized carbons (Fsp3) is 0.653. The van der Waals surface area contributed by atoms with Gasteiger partial charge in [-0.3, -0.25) is 14.4 Å². The van der Waals surface area contributed by atoms with Gasteiger partial charge in [0.2, 0.25) is 0 Å². The van der Waals surface area contributed by atoms with Gasteiger partial charge in [-0.1, -0.05) is 283 Å².